The third-order valence-corrected chi connectivity index (χ3v) is 9.19. The molecule has 8 nitrogen and oxygen atoms in total. The molecule has 4 aromatic carbocycles. The Bertz CT molecular complexity index is 1700. The molecular formula is C36H38N4O4. The van der Waals surface area contributed by atoms with Crippen LogP contribution < -0.4 is 5.48 Å². The molecule has 226 valence electrons. The maximum absolute atomic E-state index is 11.8. The summed E-state index contributed by atoms with van der Waals surface area (Å²) in [5, 5.41) is 25.0. The van der Waals surface area contributed by atoms with Crippen molar-refractivity contribution in [2.75, 3.05) is 26.2 Å². The highest BCUT2D eigenvalue weighted by atomic mass is 16.5. The van der Waals surface area contributed by atoms with E-state index in [2.05, 4.69) is 111 Å². The fourth-order valence-corrected chi connectivity index (χ4v) is 7.04. The summed E-state index contributed by atoms with van der Waals surface area (Å²) in [4.78, 5) is 14.0. The first-order valence-corrected chi connectivity index (χ1v) is 15.5. The Kier molecular flexibility index (Phi) is 8.06. The number of fused-ring (bicyclic) bond motifs is 6. The predicted molar refractivity (Wildman–Crippen MR) is 174 cm³/mol. The second-order valence-electron chi connectivity index (χ2n) is 11.9. The number of rotatable bonds is 10. The maximum atomic E-state index is 11.8. The Morgan fingerprint density at radius 3 is 1.52 bits per heavy atom. The lowest BCUT2D eigenvalue weighted by atomic mass is 9.96. The molecule has 0 radical (unpaired) electrons. The van der Waals surface area contributed by atoms with Crippen molar-refractivity contribution in [3.8, 4) is 0 Å². The molecule has 0 bridgehead atoms. The average molecular weight is 591 g/mol. The molecule has 1 saturated heterocycles. The highest BCUT2D eigenvalue weighted by Crippen LogP contribution is 2.32. The fourth-order valence-electron chi connectivity index (χ4n) is 7.04. The van der Waals surface area contributed by atoms with Gasteiger partial charge in [-0.05, 0) is 50.2 Å². The van der Waals surface area contributed by atoms with E-state index in [0.29, 0.717) is 45.6 Å². The molecule has 1 amide bonds. The van der Waals surface area contributed by atoms with Crippen molar-refractivity contribution < 1.29 is 19.8 Å². The number of aliphatic hydroxyl groups is 1. The highest BCUT2D eigenvalue weighted by molar-refractivity contribution is 6.08. The minimum atomic E-state index is -0.669. The van der Waals surface area contributed by atoms with E-state index >= 15 is 0 Å². The number of para-hydroxylation sites is 4. The predicted octanol–water partition coefficient (Wildman–Crippen LogP) is 5.57. The number of aromatic nitrogens is 2. The van der Waals surface area contributed by atoms with Crippen LogP contribution in [0.3, 0.4) is 0 Å². The van der Waals surface area contributed by atoms with Crippen molar-refractivity contribution in [2.24, 2.45) is 5.92 Å². The van der Waals surface area contributed by atoms with Crippen LogP contribution in [0.2, 0.25) is 0 Å². The number of hydroxylamine groups is 1. The zero-order valence-corrected chi connectivity index (χ0v) is 24.7. The number of hydrogen-bond donors (Lipinski definition) is 3. The maximum Gasteiger partial charge on any atom is 0.246 e. The number of carbonyl (C=O) groups excluding carboxylic acids is 1. The van der Waals surface area contributed by atoms with Gasteiger partial charge in [0.05, 0.1) is 31.9 Å². The van der Waals surface area contributed by atoms with Crippen molar-refractivity contribution >= 4 is 49.5 Å². The standard InChI is InChI=1S/C36H38N4O4/c41-26(21-38-19-17-25(18-20-38)36(42)37-43)24-44-27(22-39-32-13-5-1-9-28(32)29-10-2-6-14-33(29)39)23-40-34-15-7-3-11-30(34)31-12-4-8-16-35(31)40/h1-16,25-27,41,43H,17-24H2,(H,37,42)/t26-/m1/s1. The lowest BCUT2D eigenvalue weighted by Gasteiger charge is -2.32. The number of amides is 1. The van der Waals surface area contributed by atoms with Gasteiger partial charge in [0, 0.05) is 56.1 Å². The molecule has 8 heteroatoms. The van der Waals surface area contributed by atoms with Crippen LogP contribution in [-0.4, -0.2) is 68.7 Å². The molecule has 3 N–H and O–H groups in total. The van der Waals surface area contributed by atoms with Crippen LogP contribution in [0.15, 0.2) is 97.1 Å². The summed E-state index contributed by atoms with van der Waals surface area (Å²) in [5.41, 5.74) is 6.44. The number of piperidine rings is 1. The van der Waals surface area contributed by atoms with Gasteiger partial charge in [-0.25, -0.2) is 5.48 Å². The zero-order valence-electron chi connectivity index (χ0n) is 24.7. The molecule has 1 fully saturated rings. The monoisotopic (exact) mass is 590 g/mol. The van der Waals surface area contributed by atoms with E-state index in [1.165, 1.54) is 43.6 Å². The van der Waals surface area contributed by atoms with Crippen LogP contribution >= 0.6 is 0 Å². The summed E-state index contributed by atoms with van der Waals surface area (Å²) < 4.78 is 11.4. The largest absolute Gasteiger partial charge is 0.389 e. The molecule has 0 saturated carbocycles. The summed E-state index contributed by atoms with van der Waals surface area (Å²) in [6.07, 6.45) is 0.424. The first kappa shape index (κ1) is 28.6. The molecule has 1 aliphatic heterocycles. The molecule has 2 aromatic heterocycles. The van der Waals surface area contributed by atoms with Gasteiger partial charge in [0.2, 0.25) is 5.91 Å². The van der Waals surface area contributed by atoms with Crippen molar-refractivity contribution in [1.29, 1.82) is 0 Å². The Morgan fingerprint density at radius 2 is 1.11 bits per heavy atom. The lowest BCUT2D eigenvalue weighted by Crippen LogP contribution is -2.43. The van der Waals surface area contributed by atoms with Gasteiger partial charge in [-0.3, -0.25) is 10.0 Å². The molecule has 6 aromatic rings. The molecule has 1 aliphatic rings. The molecule has 0 aliphatic carbocycles. The Morgan fingerprint density at radius 1 is 0.705 bits per heavy atom. The fraction of sp³-hybridized carbons (Fsp3) is 0.306. The molecular weight excluding hydrogens is 552 g/mol. The van der Waals surface area contributed by atoms with Crippen LogP contribution in [0, 0.1) is 5.92 Å². The Labute approximate surface area is 256 Å². The van der Waals surface area contributed by atoms with Gasteiger partial charge in [-0.2, -0.15) is 0 Å². The van der Waals surface area contributed by atoms with Crippen LogP contribution in [0.4, 0.5) is 0 Å². The summed E-state index contributed by atoms with van der Waals surface area (Å²) in [6.45, 7) is 3.33. The number of nitrogens with one attached hydrogen (secondary N) is 1. The van der Waals surface area contributed by atoms with E-state index in [4.69, 9.17) is 9.94 Å². The number of benzene rings is 4. The van der Waals surface area contributed by atoms with Crippen molar-refractivity contribution in [2.45, 2.75) is 38.1 Å². The number of likely N-dealkylation sites (tertiary alicyclic amines) is 1. The summed E-state index contributed by atoms with van der Waals surface area (Å²) in [6, 6.07) is 34.0. The minimum Gasteiger partial charge on any atom is -0.389 e. The van der Waals surface area contributed by atoms with Crippen LogP contribution in [0.5, 0.6) is 0 Å². The summed E-state index contributed by atoms with van der Waals surface area (Å²) in [5.74, 6) is -0.516. The van der Waals surface area contributed by atoms with E-state index < -0.39 is 6.10 Å². The number of ether oxygens (including phenoxy) is 1. The summed E-state index contributed by atoms with van der Waals surface area (Å²) >= 11 is 0. The molecule has 3 heterocycles. The Balaban J connectivity index is 1.17. The SMILES string of the molecule is O=C(NO)C1CCN(C[C@@H](O)COC(Cn2c3ccccc3c3ccccc32)Cn2c3ccccc3c3ccccc32)CC1. The lowest BCUT2D eigenvalue weighted by molar-refractivity contribution is -0.135. The number of carbonyl (C=O) groups is 1. The van der Waals surface area contributed by atoms with Crippen molar-refractivity contribution in [1.82, 2.24) is 19.5 Å². The molecule has 1 atom stereocenters. The van der Waals surface area contributed by atoms with E-state index in [9.17, 15) is 9.90 Å². The zero-order chi connectivity index (χ0) is 30.0. The van der Waals surface area contributed by atoms with E-state index in [-0.39, 0.29) is 24.5 Å². The van der Waals surface area contributed by atoms with Gasteiger partial charge in [0.25, 0.3) is 0 Å². The minimum absolute atomic E-state index is 0.188. The highest BCUT2D eigenvalue weighted by Gasteiger charge is 2.26. The second kappa shape index (κ2) is 12.4. The molecule has 7 rings (SSSR count). The average Bonchev–Trinajstić information content (AvgIpc) is 3.56. The second-order valence-corrected chi connectivity index (χ2v) is 11.9. The topological polar surface area (TPSA) is 91.9 Å². The van der Waals surface area contributed by atoms with Gasteiger partial charge in [0.1, 0.15) is 0 Å². The van der Waals surface area contributed by atoms with E-state index in [0.717, 1.165) is 0 Å². The van der Waals surface area contributed by atoms with Crippen molar-refractivity contribution in [3.05, 3.63) is 97.1 Å². The van der Waals surface area contributed by atoms with Crippen LogP contribution in [0.25, 0.3) is 43.6 Å². The number of β-amino-alcohol motifs (C(OH)–C–C–N with tert-alkyl or cyclic N) is 1. The third kappa shape index (κ3) is 5.46. The van der Waals surface area contributed by atoms with Gasteiger partial charge in [0.15, 0.2) is 0 Å². The summed E-state index contributed by atoms with van der Waals surface area (Å²) in [7, 11) is 0. The molecule has 44 heavy (non-hydrogen) atoms. The van der Waals surface area contributed by atoms with Crippen molar-refractivity contribution in [3.63, 3.8) is 0 Å². The third-order valence-electron chi connectivity index (χ3n) is 9.19. The van der Waals surface area contributed by atoms with Crippen LogP contribution in [0.1, 0.15) is 12.8 Å². The van der Waals surface area contributed by atoms with Crippen LogP contribution in [-0.2, 0) is 22.6 Å². The quantitative estimate of drug-likeness (QED) is 0.143. The van der Waals surface area contributed by atoms with Gasteiger partial charge < -0.3 is 23.9 Å². The van der Waals surface area contributed by atoms with Gasteiger partial charge in [-0.15, -0.1) is 0 Å². The van der Waals surface area contributed by atoms with Gasteiger partial charge in [-0.1, -0.05) is 72.8 Å². The number of hydrogen-bond acceptors (Lipinski definition) is 5. The molecule has 0 spiro atoms. The first-order chi connectivity index (χ1) is 21.6. The number of nitrogens with zero attached hydrogens (tertiary/aromatic N) is 3. The number of aliphatic hydroxyl groups excluding tert-OH is 1. The van der Waals surface area contributed by atoms with Gasteiger partial charge >= 0.3 is 0 Å². The van der Waals surface area contributed by atoms with E-state index in [1.807, 2.05) is 0 Å². The molecule has 0 unspecified atom stereocenters. The normalized spacial score (nSPS) is 15.6. The Hall–Kier alpha value is -4.21. The van der Waals surface area contributed by atoms with E-state index in [1.54, 1.807) is 5.48 Å². The first-order valence-electron chi connectivity index (χ1n) is 15.5. The smallest absolute Gasteiger partial charge is 0.246 e.